The zero-order valence-electron chi connectivity index (χ0n) is 8.06. The molecule has 0 bridgehead atoms. The van der Waals surface area contributed by atoms with Gasteiger partial charge in [0.15, 0.2) is 0 Å². The maximum absolute atomic E-state index is 11.4. The molecular weight excluding hydrogens is 188 g/mol. The molecule has 0 aromatic carbocycles. The van der Waals surface area contributed by atoms with E-state index in [4.69, 9.17) is 9.84 Å². The Kier molecular flexibility index (Phi) is 3.19. The van der Waals surface area contributed by atoms with Gasteiger partial charge in [0, 0.05) is 14.2 Å². The van der Waals surface area contributed by atoms with Crippen LogP contribution in [0.3, 0.4) is 0 Å². The van der Waals surface area contributed by atoms with Gasteiger partial charge < -0.3 is 9.84 Å². The van der Waals surface area contributed by atoms with Crippen molar-refractivity contribution in [2.45, 2.75) is 6.42 Å². The number of carboxylic acid groups (broad SMARTS) is 1. The van der Waals surface area contributed by atoms with Gasteiger partial charge >= 0.3 is 5.97 Å². The molecule has 1 aliphatic rings. The number of carbonyl (C=O) groups is 2. The van der Waals surface area contributed by atoms with Crippen molar-refractivity contribution in [3.05, 3.63) is 0 Å². The predicted molar refractivity (Wildman–Crippen MR) is 47.8 cm³/mol. The summed E-state index contributed by atoms with van der Waals surface area (Å²) in [4.78, 5) is 21.9. The summed E-state index contributed by atoms with van der Waals surface area (Å²) < 4.78 is 4.83. The Morgan fingerprint density at radius 2 is 2.36 bits per heavy atom. The van der Waals surface area contributed by atoms with E-state index < -0.39 is 11.9 Å². The molecule has 1 aliphatic heterocycles. The summed E-state index contributed by atoms with van der Waals surface area (Å²) in [6.07, 6.45) is -0.231. The molecule has 0 radical (unpaired) electrons. The molecule has 1 unspecified atom stereocenters. The van der Waals surface area contributed by atoms with Gasteiger partial charge in [-0.05, 0) is 0 Å². The molecule has 6 nitrogen and oxygen atoms in total. The third kappa shape index (κ3) is 2.08. The fraction of sp³-hybridized carbons (Fsp3) is 0.625. The van der Waals surface area contributed by atoms with E-state index in [1.807, 2.05) is 0 Å². The molecule has 0 saturated heterocycles. The van der Waals surface area contributed by atoms with Crippen molar-refractivity contribution in [3.8, 4) is 0 Å². The van der Waals surface area contributed by atoms with Crippen molar-refractivity contribution < 1.29 is 19.4 Å². The Bertz CT molecular complexity index is 287. The van der Waals surface area contributed by atoms with Crippen LogP contribution in [-0.2, 0) is 14.3 Å². The number of hydrogen-bond acceptors (Lipinski definition) is 4. The Labute approximate surface area is 81.1 Å². The van der Waals surface area contributed by atoms with E-state index in [-0.39, 0.29) is 18.9 Å². The van der Waals surface area contributed by atoms with Crippen molar-refractivity contribution >= 4 is 17.6 Å². The summed E-state index contributed by atoms with van der Waals surface area (Å²) in [6.45, 7) is 0.189. The predicted octanol–water partition coefficient (Wildman–Crippen LogP) is -0.448. The number of aliphatic carboxylic acids is 1. The van der Waals surface area contributed by atoms with Crippen LogP contribution >= 0.6 is 0 Å². The molecule has 14 heavy (non-hydrogen) atoms. The Hall–Kier alpha value is -1.43. The Balaban J connectivity index is 2.75. The number of ether oxygens (including phenoxy) is 1. The summed E-state index contributed by atoms with van der Waals surface area (Å²) >= 11 is 0. The van der Waals surface area contributed by atoms with E-state index in [2.05, 4.69) is 5.10 Å². The number of amides is 1. The quantitative estimate of drug-likeness (QED) is 0.666. The van der Waals surface area contributed by atoms with Crippen LogP contribution in [0.1, 0.15) is 6.42 Å². The normalized spacial score (nSPS) is 21.3. The minimum atomic E-state index is -1.01. The highest BCUT2D eigenvalue weighted by molar-refractivity contribution is 6.10. The highest BCUT2D eigenvalue weighted by atomic mass is 16.5. The minimum absolute atomic E-state index is 0.189. The van der Waals surface area contributed by atoms with E-state index in [1.165, 1.54) is 14.2 Å². The van der Waals surface area contributed by atoms with Crippen LogP contribution in [0.15, 0.2) is 5.10 Å². The van der Waals surface area contributed by atoms with Crippen molar-refractivity contribution in [3.63, 3.8) is 0 Å². The maximum Gasteiger partial charge on any atom is 0.304 e. The standard InChI is InChI=1S/C8H12N2O4/c1-10-8(13)5(3-7(11)12)6(9-10)4-14-2/h5H,3-4H2,1-2H3,(H,11,12). The monoisotopic (exact) mass is 200 g/mol. The van der Waals surface area contributed by atoms with E-state index in [0.717, 1.165) is 5.01 Å². The molecule has 78 valence electrons. The Morgan fingerprint density at radius 1 is 1.71 bits per heavy atom. The average Bonchev–Trinajstić information content (AvgIpc) is 2.33. The lowest BCUT2D eigenvalue weighted by Crippen LogP contribution is -2.28. The maximum atomic E-state index is 11.4. The SMILES string of the molecule is COCC1=NN(C)C(=O)C1CC(=O)O. The molecule has 0 saturated carbocycles. The molecule has 0 fully saturated rings. The van der Waals surface area contributed by atoms with Crippen molar-refractivity contribution in [2.24, 2.45) is 11.0 Å². The second-order valence-corrected chi connectivity index (χ2v) is 3.04. The van der Waals surface area contributed by atoms with Crippen LogP contribution in [0, 0.1) is 5.92 Å². The average molecular weight is 200 g/mol. The van der Waals surface area contributed by atoms with Crippen LogP contribution in [-0.4, -0.2) is 48.5 Å². The third-order valence-electron chi connectivity index (χ3n) is 1.97. The van der Waals surface area contributed by atoms with E-state index in [9.17, 15) is 9.59 Å². The van der Waals surface area contributed by atoms with E-state index >= 15 is 0 Å². The van der Waals surface area contributed by atoms with Crippen LogP contribution in [0.2, 0.25) is 0 Å². The van der Waals surface area contributed by atoms with Gasteiger partial charge in [-0.15, -0.1) is 0 Å². The van der Waals surface area contributed by atoms with Crippen LogP contribution in [0.25, 0.3) is 0 Å². The number of hydrogen-bond donors (Lipinski definition) is 1. The number of carbonyl (C=O) groups excluding carboxylic acids is 1. The summed E-state index contributed by atoms with van der Waals surface area (Å²) in [7, 11) is 2.98. The molecule has 1 N–H and O–H groups in total. The molecule has 1 rings (SSSR count). The number of carboxylic acids is 1. The zero-order chi connectivity index (χ0) is 10.7. The second-order valence-electron chi connectivity index (χ2n) is 3.04. The van der Waals surface area contributed by atoms with Gasteiger partial charge in [-0.1, -0.05) is 0 Å². The lowest BCUT2D eigenvalue weighted by Gasteiger charge is -2.07. The molecule has 0 aliphatic carbocycles. The zero-order valence-corrected chi connectivity index (χ0v) is 8.06. The second kappa shape index (κ2) is 4.19. The number of rotatable bonds is 4. The summed E-state index contributed by atoms with van der Waals surface area (Å²) in [5.41, 5.74) is 0.474. The Morgan fingerprint density at radius 3 is 2.86 bits per heavy atom. The summed E-state index contributed by atoms with van der Waals surface area (Å²) in [5.74, 6) is -1.97. The fourth-order valence-corrected chi connectivity index (χ4v) is 1.34. The largest absolute Gasteiger partial charge is 0.481 e. The topological polar surface area (TPSA) is 79.2 Å². The molecule has 1 atom stereocenters. The first-order valence-corrected chi connectivity index (χ1v) is 4.12. The molecule has 0 aromatic rings. The number of methoxy groups -OCH3 is 1. The first-order chi connectivity index (χ1) is 6.56. The first kappa shape index (κ1) is 10.6. The van der Waals surface area contributed by atoms with Gasteiger partial charge in [-0.3, -0.25) is 9.59 Å². The molecule has 0 aromatic heterocycles. The van der Waals surface area contributed by atoms with Gasteiger partial charge in [-0.25, -0.2) is 5.01 Å². The van der Waals surface area contributed by atoms with Crippen molar-refractivity contribution in [1.82, 2.24) is 5.01 Å². The molecule has 0 spiro atoms. The highest BCUT2D eigenvalue weighted by Gasteiger charge is 2.35. The summed E-state index contributed by atoms with van der Waals surface area (Å²) in [5, 5.41) is 13.7. The van der Waals surface area contributed by atoms with Gasteiger partial charge in [0.1, 0.15) is 0 Å². The lowest BCUT2D eigenvalue weighted by atomic mass is 10.0. The van der Waals surface area contributed by atoms with Crippen molar-refractivity contribution in [2.75, 3.05) is 20.8 Å². The van der Waals surface area contributed by atoms with Gasteiger partial charge in [0.05, 0.1) is 24.7 Å². The molecular formula is C8H12N2O4. The molecule has 6 heteroatoms. The van der Waals surface area contributed by atoms with Gasteiger partial charge in [-0.2, -0.15) is 5.10 Å². The van der Waals surface area contributed by atoms with Crippen LogP contribution < -0.4 is 0 Å². The van der Waals surface area contributed by atoms with Gasteiger partial charge in [0.2, 0.25) is 0 Å². The van der Waals surface area contributed by atoms with E-state index in [1.54, 1.807) is 0 Å². The highest BCUT2D eigenvalue weighted by Crippen LogP contribution is 2.17. The van der Waals surface area contributed by atoms with Gasteiger partial charge in [0.25, 0.3) is 5.91 Å². The third-order valence-corrected chi connectivity index (χ3v) is 1.97. The number of hydrazone groups is 1. The molecule has 1 amide bonds. The number of nitrogens with zero attached hydrogens (tertiary/aromatic N) is 2. The molecule has 1 heterocycles. The van der Waals surface area contributed by atoms with Crippen LogP contribution in [0.4, 0.5) is 0 Å². The fourth-order valence-electron chi connectivity index (χ4n) is 1.34. The lowest BCUT2D eigenvalue weighted by molar-refractivity contribution is -0.141. The summed E-state index contributed by atoms with van der Waals surface area (Å²) in [6, 6.07) is 0. The van der Waals surface area contributed by atoms with Crippen LogP contribution in [0.5, 0.6) is 0 Å². The van der Waals surface area contributed by atoms with Crippen molar-refractivity contribution in [1.29, 1.82) is 0 Å². The first-order valence-electron chi connectivity index (χ1n) is 4.12. The smallest absolute Gasteiger partial charge is 0.304 e. The minimum Gasteiger partial charge on any atom is -0.481 e. The van der Waals surface area contributed by atoms with E-state index in [0.29, 0.717) is 5.71 Å².